The molecule has 2 aromatic carbocycles. The topological polar surface area (TPSA) is 71.1 Å². The third-order valence-electron chi connectivity index (χ3n) is 3.92. The number of aromatic nitrogens is 1. The van der Waals surface area contributed by atoms with Crippen LogP contribution in [0.1, 0.15) is 5.56 Å². The fraction of sp³-hybridized carbons (Fsp3) is 0.150. The first kappa shape index (κ1) is 19.7. The zero-order valence-electron chi connectivity index (χ0n) is 14.6. The lowest BCUT2D eigenvalue weighted by molar-refractivity contribution is 0.579. The molecule has 0 amide bonds. The molecule has 0 saturated heterocycles. The molecule has 0 radical (unpaired) electrons. The van der Waals surface area contributed by atoms with Gasteiger partial charge in [-0.1, -0.05) is 58.4 Å². The van der Waals surface area contributed by atoms with E-state index in [0.717, 1.165) is 15.4 Å². The van der Waals surface area contributed by atoms with Crippen molar-refractivity contribution in [3.8, 4) is 0 Å². The fourth-order valence-corrected chi connectivity index (χ4v) is 4.07. The molecule has 27 heavy (non-hydrogen) atoms. The molecule has 0 saturated carbocycles. The van der Waals surface area contributed by atoms with E-state index in [2.05, 4.69) is 31.0 Å². The van der Waals surface area contributed by atoms with Crippen LogP contribution in [0.4, 0.5) is 0 Å². The van der Waals surface area contributed by atoms with E-state index in [1.54, 1.807) is 24.4 Å². The van der Waals surface area contributed by atoms with Crippen molar-refractivity contribution in [2.45, 2.75) is 4.90 Å². The van der Waals surface area contributed by atoms with Crippen LogP contribution in [0.2, 0.25) is 0 Å². The average molecular weight is 446 g/mol. The summed E-state index contributed by atoms with van der Waals surface area (Å²) in [5, 5.41) is 3.99. The molecular weight excluding hydrogens is 426 g/mol. The van der Waals surface area contributed by atoms with Gasteiger partial charge in [-0.05, 0) is 29.8 Å². The van der Waals surface area contributed by atoms with Gasteiger partial charge in [0.05, 0.1) is 5.52 Å². The Labute approximate surface area is 167 Å². The number of para-hydroxylation sites is 1. The van der Waals surface area contributed by atoms with Crippen molar-refractivity contribution in [2.75, 3.05) is 19.6 Å². The van der Waals surface area contributed by atoms with Gasteiger partial charge in [-0.3, -0.25) is 4.98 Å². The summed E-state index contributed by atoms with van der Waals surface area (Å²) < 4.78 is 28.8. The van der Waals surface area contributed by atoms with Crippen molar-refractivity contribution in [1.29, 1.82) is 0 Å². The van der Waals surface area contributed by atoms with Gasteiger partial charge in [0.1, 0.15) is 4.90 Å². The summed E-state index contributed by atoms with van der Waals surface area (Å²) in [5.74, 6) is 0. The molecule has 0 spiro atoms. The number of halogens is 1. The van der Waals surface area contributed by atoms with Gasteiger partial charge in [0.25, 0.3) is 0 Å². The second kappa shape index (κ2) is 9.23. The first-order chi connectivity index (χ1) is 13.1. The Balaban J connectivity index is 1.49. The van der Waals surface area contributed by atoms with Crippen molar-refractivity contribution < 1.29 is 8.42 Å². The van der Waals surface area contributed by atoms with E-state index in [9.17, 15) is 8.42 Å². The number of hydrogen-bond acceptors (Lipinski definition) is 4. The van der Waals surface area contributed by atoms with Crippen LogP contribution in [0.25, 0.3) is 17.0 Å². The minimum atomic E-state index is -3.60. The highest BCUT2D eigenvalue weighted by Crippen LogP contribution is 2.20. The van der Waals surface area contributed by atoms with Crippen LogP contribution in [-0.2, 0) is 10.0 Å². The Kier molecular flexibility index (Phi) is 6.73. The van der Waals surface area contributed by atoms with Crippen LogP contribution in [0, 0.1) is 0 Å². The van der Waals surface area contributed by atoms with Gasteiger partial charge >= 0.3 is 0 Å². The maximum atomic E-state index is 12.6. The molecule has 7 heteroatoms. The summed E-state index contributed by atoms with van der Waals surface area (Å²) in [5.41, 5.74) is 1.60. The van der Waals surface area contributed by atoms with E-state index >= 15 is 0 Å². The van der Waals surface area contributed by atoms with Crippen LogP contribution in [0.5, 0.6) is 0 Å². The molecule has 3 aromatic rings. The number of rotatable bonds is 8. The predicted molar refractivity (Wildman–Crippen MR) is 113 cm³/mol. The minimum Gasteiger partial charge on any atom is -0.312 e. The van der Waals surface area contributed by atoms with Gasteiger partial charge < -0.3 is 5.32 Å². The molecular formula is C20H20BrN3O2S. The van der Waals surface area contributed by atoms with E-state index < -0.39 is 10.0 Å². The first-order valence-corrected chi connectivity index (χ1v) is 10.8. The highest BCUT2D eigenvalue weighted by atomic mass is 79.9. The lowest BCUT2D eigenvalue weighted by Crippen LogP contribution is -2.32. The standard InChI is InChI=1S/C20H20BrN3O2S/c21-18-10-8-16(9-11-18)4-2-12-22-14-15-24-27(25,26)19-7-1-5-17-6-3-13-23-20(17)19/h1-11,13,22,24H,12,14-15H2/b4-2+. The molecule has 0 aliphatic carbocycles. The zero-order chi connectivity index (χ0) is 19.1. The lowest BCUT2D eigenvalue weighted by Gasteiger charge is -2.09. The van der Waals surface area contributed by atoms with E-state index in [-0.39, 0.29) is 4.90 Å². The van der Waals surface area contributed by atoms with Gasteiger partial charge in [0.15, 0.2) is 0 Å². The normalized spacial score (nSPS) is 12.0. The monoisotopic (exact) mass is 445 g/mol. The number of benzene rings is 2. The van der Waals surface area contributed by atoms with E-state index in [0.29, 0.717) is 25.2 Å². The number of pyridine rings is 1. The Morgan fingerprint density at radius 3 is 2.59 bits per heavy atom. The van der Waals surface area contributed by atoms with Gasteiger partial charge in [0.2, 0.25) is 10.0 Å². The Morgan fingerprint density at radius 2 is 1.78 bits per heavy atom. The fourth-order valence-electron chi connectivity index (χ4n) is 2.60. The van der Waals surface area contributed by atoms with Crippen LogP contribution >= 0.6 is 15.9 Å². The number of hydrogen-bond donors (Lipinski definition) is 2. The number of sulfonamides is 1. The van der Waals surface area contributed by atoms with Crippen molar-refractivity contribution in [2.24, 2.45) is 0 Å². The molecule has 0 bridgehead atoms. The van der Waals surface area contributed by atoms with Crippen molar-refractivity contribution in [1.82, 2.24) is 15.0 Å². The lowest BCUT2D eigenvalue weighted by atomic mass is 10.2. The summed E-state index contributed by atoms with van der Waals surface area (Å²) >= 11 is 3.41. The smallest absolute Gasteiger partial charge is 0.242 e. The molecule has 2 N–H and O–H groups in total. The minimum absolute atomic E-state index is 0.204. The number of fused-ring (bicyclic) bond motifs is 1. The predicted octanol–water partition coefficient (Wildman–Crippen LogP) is 3.58. The molecule has 3 rings (SSSR count). The van der Waals surface area contributed by atoms with Crippen molar-refractivity contribution in [3.05, 3.63) is 76.9 Å². The summed E-state index contributed by atoms with van der Waals surface area (Å²) in [7, 11) is -3.60. The Bertz CT molecular complexity index is 1030. The summed E-state index contributed by atoms with van der Waals surface area (Å²) in [4.78, 5) is 4.41. The van der Waals surface area contributed by atoms with Gasteiger partial charge in [-0.2, -0.15) is 0 Å². The number of nitrogens with zero attached hydrogens (tertiary/aromatic N) is 1. The molecule has 5 nitrogen and oxygen atoms in total. The molecule has 0 fully saturated rings. The van der Waals surface area contributed by atoms with Gasteiger partial charge in [-0.25, -0.2) is 13.1 Å². The Hall–Kier alpha value is -2.06. The molecule has 1 heterocycles. The van der Waals surface area contributed by atoms with Gasteiger partial charge in [0, 0.05) is 35.7 Å². The quantitative estimate of drug-likeness (QED) is 0.519. The second-order valence-electron chi connectivity index (χ2n) is 5.89. The summed E-state index contributed by atoms with van der Waals surface area (Å²) in [6.07, 6.45) is 5.62. The van der Waals surface area contributed by atoms with E-state index in [4.69, 9.17) is 0 Å². The molecule has 140 valence electrons. The zero-order valence-corrected chi connectivity index (χ0v) is 17.0. The summed E-state index contributed by atoms with van der Waals surface area (Å²) in [6, 6.07) is 16.8. The van der Waals surface area contributed by atoms with E-state index in [1.807, 2.05) is 48.6 Å². The molecule has 0 atom stereocenters. The molecule has 0 aliphatic rings. The highest BCUT2D eigenvalue weighted by molar-refractivity contribution is 9.10. The van der Waals surface area contributed by atoms with Crippen molar-refractivity contribution in [3.63, 3.8) is 0 Å². The van der Waals surface area contributed by atoms with E-state index in [1.165, 1.54) is 0 Å². The van der Waals surface area contributed by atoms with Crippen LogP contribution in [-0.4, -0.2) is 33.0 Å². The molecule has 0 aliphatic heterocycles. The second-order valence-corrected chi connectivity index (χ2v) is 8.54. The molecule has 0 unspecified atom stereocenters. The van der Waals surface area contributed by atoms with Crippen LogP contribution < -0.4 is 10.0 Å². The first-order valence-electron chi connectivity index (χ1n) is 8.52. The van der Waals surface area contributed by atoms with Crippen LogP contribution in [0.15, 0.2) is 76.2 Å². The third-order valence-corrected chi connectivity index (χ3v) is 5.94. The van der Waals surface area contributed by atoms with Gasteiger partial charge in [-0.15, -0.1) is 0 Å². The Morgan fingerprint density at radius 1 is 1.00 bits per heavy atom. The highest BCUT2D eigenvalue weighted by Gasteiger charge is 2.17. The largest absolute Gasteiger partial charge is 0.312 e. The summed E-state index contributed by atoms with van der Waals surface area (Å²) in [6.45, 7) is 1.49. The third kappa shape index (κ3) is 5.46. The SMILES string of the molecule is O=S(=O)(NCCNC/C=C/c1ccc(Br)cc1)c1cccc2cccnc12. The van der Waals surface area contributed by atoms with Crippen LogP contribution in [0.3, 0.4) is 0 Å². The average Bonchev–Trinajstić information content (AvgIpc) is 2.68. The number of nitrogens with one attached hydrogen (secondary N) is 2. The maximum absolute atomic E-state index is 12.6. The maximum Gasteiger partial charge on any atom is 0.242 e. The molecule has 1 aromatic heterocycles. The van der Waals surface area contributed by atoms with Crippen molar-refractivity contribution >= 4 is 42.9 Å².